The normalized spacial score (nSPS) is 14.1. The van der Waals surface area contributed by atoms with Gasteiger partial charge in [-0.25, -0.2) is 13.1 Å². The smallest absolute Gasteiger partial charge is 0.307 e. The number of carbonyl (C=O) groups excluding carboxylic acids is 1. The third kappa shape index (κ3) is 4.76. The molecule has 0 aliphatic heterocycles. The van der Waals surface area contributed by atoms with E-state index in [1.807, 2.05) is 0 Å². The van der Waals surface area contributed by atoms with Crippen LogP contribution in [-0.4, -0.2) is 32.0 Å². The van der Waals surface area contributed by atoms with E-state index < -0.39 is 10.0 Å². The van der Waals surface area contributed by atoms with Crippen LogP contribution in [0.5, 0.6) is 5.75 Å². The maximum absolute atomic E-state index is 12.4. The average molecular weight is 412 g/mol. The number of rotatable bonds is 8. The Hall–Kier alpha value is -2.17. The molecule has 3 rings (SSSR count). The van der Waals surface area contributed by atoms with Crippen molar-refractivity contribution in [3.8, 4) is 5.75 Å². The largest absolute Gasteiger partial charge is 0.495 e. The number of hydrogen-bond acceptors (Lipinski definition) is 6. The molecule has 1 aromatic carbocycles. The zero-order chi connectivity index (χ0) is 19.6. The fourth-order valence-corrected chi connectivity index (χ4v) is 4.63. The number of aryl methyl sites for hydroxylation is 1. The minimum absolute atomic E-state index is 0.0118. The van der Waals surface area contributed by atoms with E-state index in [-0.39, 0.29) is 40.4 Å². The Morgan fingerprint density at radius 2 is 2.11 bits per heavy atom. The molecular weight excluding hydrogens is 390 g/mol. The number of ether oxygens (including phenoxy) is 1. The first kappa shape index (κ1) is 19.6. The van der Waals surface area contributed by atoms with E-state index in [1.165, 1.54) is 29.9 Å². The van der Waals surface area contributed by atoms with Gasteiger partial charge in [-0.3, -0.25) is 9.59 Å². The summed E-state index contributed by atoms with van der Waals surface area (Å²) in [5.74, 6) is 0.0214. The second-order valence-corrected chi connectivity index (χ2v) is 8.89. The minimum atomic E-state index is -3.64. The molecule has 1 heterocycles. The van der Waals surface area contributed by atoms with Gasteiger partial charge in [-0.1, -0.05) is 11.3 Å². The van der Waals surface area contributed by atoms with Crippen molar-refractivity contribution >= 4 is 33.0 Å². The molecule has 146 valence electrons. The van der Waals surface area contributed by atoms with Gasteiger partial charge in [-0.05, 0) is 38.0 Å². The molecule has 0 unspecified atom stereocenters. The molecule has 1 amide bonds. The van der Waals surface area contributed by atoms with Gasteiger partial charge in [0.1, 0.15) is 5.75 Å². The number of nitrogens with zero attached hydrogens (tertiary/aromatic N) is 1. The first-order valence-electron chi connectivity index (χ1n) is 8.45. The van der Waals surface area contributed by atoms with Crippen LogP contribution in [-0.2, 0) is 21.4 Å². The fraction of sp³-hybridized carbons (Fsp3) is 0.412. The highest BCUT2D eigenvalue weighted by molar-refractivity contribution is 7.89. The summed E-state index contributed by atoms with van der Waals surface area (Å²) in [5, 5.41) is 4.42. The van der Waals surface area contributed by atoms with Crippen molar-refractivity contribution in [3.63, 3.8) is 0 Å². The summed E-state index contributed by atoms with van der Waals surface area (Å²) in [5.41, 5.74) is 1.07. The molecule has 2 aromatic rings. The number of amides is 1. The van der Waals surface area contributed by atoms with E-state index in [4.69, 9.17) is 4.74 Å². The summed E-state index contributed by atoms with van der Waals surface area (Å²) in [6.07, 6.45) is 1.75. The Balaban J connectivity index is 1.73. The topological polar surface area (TPSA) is 106 Å². The van der Waals surface area contributed by atoms with E-state index in [1.54, 1.807) is 12.3 Å². The van der Waals surface area contributed by atoms with Crippen LogP contribution < -0.4 is 19.6 Å². The highest BCUT2D eigenvalue weighted by Crippen LogP contribution is 2.29. The first-order valence-corrected chi connectivity index (χ1v) is 10.8. The number of aromatic nitrogens is 1. The van der Waals surface area contributed by atoms with Gasteiger partial charge in [0.05, 0.1) is 17.7 Å². The third-order valence-corrected chi connectivity index (χ3v) is 6.59. The molecule has 1 aliphatic carbocycles. The molecule has 0 spiro atoms. The van der Waals surface area contributed by atoms with Gasteiger partial charge in [-0.2, -0.15) is 0 Å². The summed E-state index contributed by atoms with van der Waals surface area (Å²) in [6.45, 7) is 2.06. The molecule has 8 nitrogen and oxygen atoms in total. The average Bonchev–Trinajstić information content (AvgIpc) is 3.37. The van der Waals surface area contributed by atoms with Crippen molar-refractivity contribution in [3.05, 3.63) is 38.9 Å². The van der Waals surface area contributed by atoms with Crippen LogP contribution >= 0.6 is 11.3 Å². The second kappa shape index (κ2) is 7.83. The molecule has 10 heteroatoms. The van der Waals surface area contributed by atoms with E-state index in [2.05, 4.69) is 10.0 Å². The number of anilines is 1. The van der Waals surface area contributed by atoms with Crippen LogP contribution in [0.4, 0.5) is 5.69 Å². The Kier molecular flexibility index (Phi) is 5.68. The fourth-order valence-electron chi connectivity index (χ4n) is 2.54. The molecule has 0 bridgehead atoms. The molecule has 0 saturated heterocycles. The molecule has 1 aromatic heterocycles. The lowest BCUT2D eigenvalue weighted by atomic mass is 10.2. The van der Waals surface area contributed by atoms with Gasteiger partial charge < -0.3 is 14.6 Å². The summed E-state index contributed by atoms with van der Waals surface area (Å²) in [7, 11) is -2.20. The zero-order valence-corrected chi connectivity index (χ0v) is 16.7. The van der Waals surface area contributed by atoms with Crippen LogP contribution in [0.15, 0.2) is 33.3 Å². The number of nitrogens with one attached hydrogen (secondary N) is 2. The number of thiazole rings is 1. The minimum Gasteiger partial charge on any atom is -0.495 e. The summed E-state index contributed by atoms with van der Waals surface area (Å²) in [4.78, 5) is 24.0. The van der Waals surface area contributed by atoms with Gasteiger partial charge in [0.2, 0.25) is 15.9 Å². The van der Waals surface area contributed by atoms with Crippen molar-refractivity contribution in [2.24, 2.45) is 0 Å². The Morgan fingerprint density at radius 1 is 1.37 bits per heavy atom. The van der Waals surface area contributed by atoms with Crippen LogP contribution in [0.25, 0.3) is 0 Å². The maximum atomic E-state index is 12.4. The number of carbonyl (C=O) groups is 1. The van der Waals surface area contributed by atoms with Crippen LogP contribution in [0, 0.1) is 6.92 Å². The lowest BCUT2D eigenvalue weighted by Crippen LogP contribution is -2.26. The van der Waals surface area contributed by atoms with E-state index >= 15 is 0 Å². The third-order valence-electron chi connectivity index (χ3n) is 4.19. The van der Waals surface area contributed by atoms with E-state index in [9.17, 15) is 18.0 Å². The monoisotopic (exact) mass is 411 g/mol. The van der Waals surface area contributed by atoms with Crippen LogP contribution in [0.2, 0.25) is 0 Å². The lowest BCUT2D eigenvalue weighted by Gasteiger charge is -2.13. The molecule has 1 fully saturated rings. The van der Waals surface area contributed by atoms with Crippen molar-refractivity contribution in [1.29, 1.82) is 0 Å². The summed E-state index contributed by atoms with van der Waals surface area (Å²) < 4.78 is 34.1. The Labute approximate surface area is 161 Å². The zero-order valence-electron chi connectivity index (χ0n) is 15.0. The molecule has 1 saturated carbocycles. The van der Waals surface area contributed by atoms with Gasteiger partial charge in [0.15, 0.2) is 0 Å². The van der Waals surface area contributed by atoms with Crippen molar-refractivity contribution < 1.29 is 17.9 Å². The molecular formula is C17H21N3O5S2. The van der Waals surface area contributed by atoms with Crippen LogP contribution in [0.1, 0.15) is 25.0 Å². The Morgan fingerprint density at radius 3 is 2.70 bits per heavy atom. The molecule has 0 atom stereocenters. The molecule has 0 radical (unpaired) electrons. The number of hydrogen-bond donors (Lipinski definition) is 2. The predicted octanol–water partition coefficient (Wildman–Crippen LogP) is 1.70. The highest BCUT2D eigenvalue weighted by Gasteiger charge is 2.28. The van der Waals surface area contributed by atoms with E-state index in [0.717, 1.165) is 29.9 Å². The van der Waals surface area contributed by atoms with Gasteiger partial charge in [0.25, 0.3) is 0 Å². The van der Waals surface area contributed by atoms with Crippen molar-refractivity contribution in [2.45, 2.75) is 43.7 Å². The molecule has 2 N–H and O–H groups in total. The quantitative estimate of drug-likeness (QED) is 0.688. The molecule has 1 aliphatic rings. The maximum Gasteiger partial charge on any atom is 0.307 e. The lowest BCUT2D eigenvalue weighted by molar-refractivity contribution is -0.116. The predicted molar refractivity (Wildman–Crippen MR) is 103 cm³/mol. The molecule has 27 heavy (non-hydrogen) atoms. The SMILES string of the molecule is COc1ccc(S(=O)(=O)NC2CC2)cc1NC(=O)CCn1c(C)csc1=O. The number of methoxy groups -OCH3 is 1. The first-order chi connectivity index (χ1) is 12.8. The van der Waals surface area contributed by atoms with Crippen molar-refractivity contribution in [1.82, 2.24) is 9.29 Å². The van der Waals surface area contributed by atoms with E-state index in [0.29, 0.717) is 5.75 Å². The highest BCUT2D eigenvalue weighted by atomic mass is 32.2. The number of benzene rings is 1. The standard InChI is InChI=1S/C17H21N3O5S2/c1-11-10-26-17(22)20(11)8-7-16(21)18-14-9-13(5-6-15(14)25-2)27(23,24)19-12-3-4-12/h5-6,9-10,12,19H,3-4,7-8H2,1-2H3,(H,18,21). The number of sulfonamides is 1. The van der Waals surface area contributed by atoms with Crippen LogP contribution in [0.3, 0.4) is 0 Å². The van der Waals surface area contributed by atoms with Crippen molar-refractivity contribution in [2.75, 3.05) is 12.4 Å². The van der Waals surface area contributed by atoms with Gasteiger partial charge in [-0.15, -0.1) is 0 Å². The summed E-state index contributed by atoms with van der Waals surface area (Å²) in [6, 6.07) is 4.31. The summed E-state index contributed by atoms with van der Waals surface area (Å²) >= 11 is 1.09. The Bertz CT molecular complexity index is 1010. The second-order valence-electron chi connectivity index (χ2n) is 6.35. The van der Waals surface area contributed by atoms with Gasteiger partial charge in [0, 0.05) is 30.1 Å². The van der Waals surface area contributed by atoms with Gasteiger partial charge >= 0.3 is 4.87 Å².